The number of carboxylic acids is 1. The zero-order chi connectivity index (χ0) is 12.1. The van der Waals surface area contributed by atoms with Crippen molar-refractivity contribution in [3.8, 4) is 5.75 Å². The minimum Gasteiger partial charge on any atom is -0.488 e. The summed E-state index contributed by atoms with van der Waals surface area (Å²) in [5.74, 6) is -0.189. The van der Waals surface area contributed by atoms with E-state index in [0.29, 0.717) is 17.9 Å². The van der Waals surface area contributed by atoms with E-state index in [0.717, 1.165) is 19.4 Å². The second kappa shape index (κ2) is 5.68. The first kappa shape index (κ1) is 11.9. The van der Waals surface area contributed by atoms with E-state index in [9.17, 15) is 4.79 Å². The second-order valence-corrected chi connectivity index (χ2v) is 4.14. The summed E-state index contributed by atoms with van der Waals surface area (Å²) in [7, 11) is 0. The van der Waals surface area contributed by atoms with E-state index >= 15 is 0 Å². The van der Waals surface area contributed by atoms with Gasteiger partial charge in [0.15, 0.2) is 0 Å². The molecule has 1 fully saturated rings. The van der Waals surface area contributed by atoms with Crippen molar-refractivity contribution >= 4 is 5.97 Å². The highest BCUT2D eigenvalue weighted by molar-refractivity contribution is 5.71. The van der Waals surface area contributed by atoms with Crippen LogP contribution in [0.2, 0.25) is 0 Å². The summed E-state index contributed by atoms with van der Waals surface area (Å²) < 4.78 is 11.1. The summed E-state index contributed by atoms with van der Waals surface area (Å²) in [6, 6.07) is 7.27. The monoisotopic (exact) mass is 236 g/mol. The molecule has 0 radical (unpaired) electrons. The van der Waals surface area contributed by atoms with E-state index in [2.05, 4.69) is 0 Å². The Hall–Kier alpha value is -1.55. The van der Waals surface area contributed by atoms with Crippen LogP contribution in [-0.4, -0.2) is 30.4 Å². The van der Waals surface area contributed by atoms with E-state index in [4.69, 9.17) is 14.6 Å². The third-order valence-corrected chi connectivity index (χ3v) is 2.73. The van der Waals surface area contributed by atoms with Crippen molar-refractivity contribution in [3.05, 3.63) is 29.8 Å². The molecule has 0 aliphatic carbocycles. The molecule has 1 aliphatic heterocycles. The SMILES string of the molecule is O=C(O)Cc1ccccc1OC1CCCOC1. The average molecular weight is 236 g/mol. The zero-order valence-electron chi connectivity index (χ0n) is 9.59. The zero-order valence-corrected chi connectivity index (χ0v) is 9.59. The van der Waals surface area contributed by atoms with Crippen LogP contribution in [-0.2, 0) is 16.0 Å². The third-order valence-electron chi connectivity index (χ3n) is 2.73. The van der Waals surface area contributed by atoms with Gasteiger partial charge in [0.25, 0.3) is 0 Å². The Morgan fingerprint density at radius 1 is 1.47 bits per heavy atom. The van der Waals surface area contributed by atoms with Crippen molar-refractivity contribution in [1.82, 2.24) is 0 Å². The van der Waals surface area contributed by atoms with Crippen LogP contribution < -0.4 is 4.74 Å². The average Bonchev–Trinajstić information content (AvgIpc) is 2.32. The lowest BCUT2D eigenvalue weighted by Gasteiger charge is -2.24. The maximum atomic E-state index is 10.7. The van der Waals surface area contributed by atoms with Crippen LogP contribution >= 0.6 is 0 Å². The van der Waals surface area contributed by atoms with Crippen molar-refractivity contribution in [1.29, 1.82) is 0 Å². The number of hydrogen-bond acceptors (Lipinski definition) is 3. The molecule has 0 saturated carbocycles. The molecule has 1 atom stereocenters. The van der Waals surface area contributed by atoms with E-state index in [-0.39, 0.29) is 12.5 Å². The molecule has 1 aliphatic rings. The molecule has 92 valence electrons. The quantitative estimate of drug-likeness (QED) is 0.867. The summed E-state index contributed by atoms with van der Waals surface area (Å²) in [6.07, 6.45) is 1.98. The second-order valence-electron chi connectivity index (χ2n) is 4.14. The van der Waals surface area contributed by atoms with Gasteiger partial charge in [-0.05, 0) is 18.9 Å². The predicted octanol–water partition coefficient (Wildman–Crippen LogP) is 1.87. The summed E-state index contributed by atoms with van der Waals surface area (Å²) >= 11 is 0. The van der Waals surface area contributed by atoms with Crippen LogP contribution in [0.25, 0.3) is 0 Å². The van der Waals surface area contributed by atoms with Crippen molar-refractivity contribution in [2.24, 2.45) is 0 Å². The van der Waals surface area contributed by atoms with E-state index in [1.165, 1.54) is 0 Å². The number of rotatable bonds is 4. The molecule has 0 amide bonds. The standard InChI is InChI=1S/C13H16O4/c14-13(15)8-10-4-1-2-6-12(10)17-11-5-3-7-16-9-11/h1-2,4,6,11H,3,5,7-9H2,(H,14,15). The van der Waals surface area contributed by atoms with Gasteiger partial charge in [-0.3, -0.25) is 4.79 Å². The highest BCUT2D eigenvalue weighted by atomic mass is 16.5. The molecule has 17 heavy (non-hydrogen) atoms. The van der Waals surface area contributed by atoms with Gasteiger partial charge in [0, 0.05) is 12.2 Å². The minimum absolute atomic E-state index is 0.0102. The van der Waals surface area contributed by atoms with Gasteiger partial charge < -0.3 is 14.6 Å². The number of benzene rings is 1. The number of para-hydroxylation sites is 1. The molecule has 1 unspecified atom stereocenters. The Morgan fingerprint density at radius 2 is 2.29 bits per heavy atom. The lowest BCUT2D eigenvalue weighted by molar-refractivity contribution is -0.136. The number of aliphatic carboxylic acids is 1. The third kappa shape index (κ3) is 3.46. The van der Waals surface area contributed by atoms with Gasteiger partial charge in [-0.25, -0.2) is 0 Å². The van der Waals surface area contributed by atoms with Gasteiger partial charge in [-0.2, -0.15) is 0 Å². The van der Waals surface area contributed by atoms with Gasteiger partial charge >= 0.3 is 5.97 Å². The fourth-order valence-corrected chi connectivity index (χ4v) is 1.91. The lowest BCUT2D eigenvalue weighted by Crippen LogP contribution is -2.28. The molecule has 0 bridgehead atoms. The minimum atomic E-state index is -0.846. The Morgan fingerprint density at radius 3 is 3.00 bits per heavy atom. The number of carboxylic acid groups (broad SMARTS) is 1. The van der Waals surface area contributed by atoms with Gasteiger partial charge in [-0.15, -0.1) is 0 Å². The topological polar surface area (TPSA) is 55.8 Å². The molecular weight excluding hydrogens is 220 g/mol. The molecule has 0 aromatic heterocycles. The molecule has 1 aromatic rings. The van der Waals surface area contributed by atoms with Crippen LogP contribution in [0.5, 0.6) is 5.75 Å². The molecule has 1 saturated heterocycles. The Bertz CT molecular complexity index is 383. The first-order valence-electron chi connectivity index (χ1n) is 5.80. The van der Waals surface area contributed by atoms with Gasteiger partial charge in [-0.1, -0.05) is 18.2 Å². The van der Waals surface area contributed by atoms with Crippen molar-refractivity contribution in [3.63, 3.8) is 0 Å². The highest BCUT2D eigenvalue weighted by Gasteiger charge is 2.17. The van der Waals surface area contributed by atoms with E-state index in [1.54, 1.807) is 6.07 Å². The largest absolute Gasteiger partial charge is 0.488 e. The van der Waals surface area contributed by atoms with Crippen molar-refractivity contribution < 1.29 is 19.4 Å². The Kier molecular flexibility index (Phi) is 3.98. The molecular formula is C13H16O4. The Balaban J connectivity index is 2.05. The van der Waals surface area contributed by atoms with Gasteiger partial charge in [0.2, 0.25) is 0 Å². The molecule has 1 heterocycles. The van der Waals surface area contributed by atoms with Crippen molar-refractivity contribution in [2.75, 3.05) is 13.2 Å². The summed E-state index contributed by atoms with van der Waals surface area (Å²) in [6.45, 7) is 1.37. The van der Waals surface area contributed by atoms with Crippen LogP contribution in [0.15, 0.2) is 24.3 Å². The molecule has 0 spiro atoms. The smallest absolute Gasteiger partial charge is 0.307 e. The number of hydrogen-bond donors (Lipinski definition) is 1. The summed E-state index contributed by atoms with van der Waals surface area (Å²) in [4.78, 5) is 10.7. The van der Waals surface area contributed by atoms with Crippen LogP contribution in [0.1, 0.15) is 18.4 Å². The molecule has 4 heteroatoms. The first-order valence-corrected chi connectivity index (χ1v) is 5.80. The first-order chi connectivity index (χ1) is 8.25. The Labute approximate surface area is 100 Å². The number of carbonyl (C=O) groups is 1. The normalized spacial score (nSPS) is 19.9. The summed E-state index contributed by atoms with van der Waals surface area (Å²) in [5.41, 5.74) is 0.713. The highest BCUT2D eigenvalue weighted by Crippen LogP contribution is 2.22. The molecule has 2 rings (SSSR count). The molecule has 4 nitrogen and oxygen atoms in total. The van der Waals surface area contributed by atoms with Crippen molar-refractivity contribution in [2.45, 2.75) is 25.4 Å². The fraction of sp³-hybridized carbons (Fsp3) is 0.462. The van der Waals surface area contributed by atoms with E-state index < -0.39 is 5.97 Å². The van der Waals surface area contributed by atoms with Crippen LogP contribution in [0.3, 0.4) is 0 Å². The predicted molar refractivity (Wildman–Crippen MR) is 62.3 cm³/mol. The van der Waals surface area contributed by atoms with Gasteiger partial charge in [0.1, 0.15) is 11.9 Å². The summed E-state index contributed by atoms with van der Waals surface area (Å²) in [5, 5.41) is 8.82. The van der Waals surface area contributed by atoms with E-state index in [1.807, 2.05) is 18.2 Å². The maximum Gasteiger partial charge on any atom is 0.307 e. The molecule has 1 N–H and O–H groups in total. The van der Waals surface area contributed by atoms with Crippen LogP contribution in [0.4, 0.5) is 0 Å². The van der Waals surface area contributed by atoms with Crippen LogP contribution in [0, 0.1) is 0 Å². The fourth-order valence-electron chi connectivity index (χ4n) is 1.91. The lowest BCUT2D eigenvalue weighted by atomic mass is 10.1. The maximum absolute atomic E-state index is 10.7. The molecule has 1 aromatic carbocycles. The number of ether oxygens (including phenoxy) is 2. The van der Waals surface area contributed by atoms with Gasteiger partial charge in [0.05, 0.1) is 13.0 Å².